The van der Waals surface area contributed by atoms with Crippen molar-refractivity contribution in [2.75, 3.05) is 11.9 Å². The number of nitrogens with zero attached hydrogens (tertiary/aromatic N) is 2. The van der Waals surface area contributed by atoms with Gasteiger partial charge in [-0.05, 0) is 19.3 Å². The van der Waals surface area contributed by atoms with E-state index in [4.69, 9.17) is 11.6 Å². The highest BCUT2D eigenvalue weighted by Gasteiger charge is 2.17. The summed E-state index contributed by atoms with van der Waals surface area (Å²) in [4.78, 5) is 8.72. The summed E-state index contributed by atoms with van der Waals surface area (Å²) in [6.07, 6.45) is 6.25. The fourth-order valence-electron chi connectivity index (χ4n) is 2.04. The van der Waals surface area contributed by atoms with Crippen LogP contribution < -0.4 is 5.32 Å². The maximum absolute atomic E-state index is 6.09. The fourth-order valence-corrected chi connectivity index (χ4v) is 2.23. The lowest BCUT2D eigenvalue weighted by atomic mass is 9.83. The van der Waals surface area contributed by atoms with E-state index in [0.29, 0.717) is 5.15 Å². The standard InChI is InChI=1S/C13H20ClN3/c1-3-11-16-12(14)9(2)13(17-11)15-8-7-10-5-4-6-10/h10H,3-8H2,1-2H3,(H,15,16,17). The zero-order valence-electron chi connectivity index (χ0n) is 10.6. The van der Waals surface area contributed by atoms with Crippen LogP contribution in [0, 0.1) is 12.8 Å². The first-order chi connectivity index (χ1) is 8.20. The van der Waals surface area contributed by atoms with Crippen LogP contribution in [-0.4, -0.2) is 16.5 Å². The first kappa shape index (κ1) is 12.6. The van der Waals surface area contributed by atoms with Gasteiger partial charge in [-0.25, -0.2) is 9.97 Å². The Hall–Kier alpha value is -0.830. The molecule has 1 saturated carbocycles. The largest absolute Gasteiger partial charge is 0.370 e. The second kappa shape index (κ2) is 5.67. The molecule has 1 aliphatic carbocycles. The molecule has 2 rings (SSSR count). The van der Waals surface area contributed by atoms with E-state index in [1.807, 2.05) is 13.8 Å². The van der Waals surface area contributed by atoms with Gasteiger partial charge in [0.1, 0.15) is 16.8 Å². The number of rotatable bonds is 5. The monoisotopic (exact) mass is 253 g/mol. The van der Waals surface area contributed by atoms with Crippen LogP contribution in [0.4, 0.5) is 5.82 Å². The smallest absolute Gasteiger partial charge is 0.137 e. The molecule has 3 nitrogen and oxygen atoms in total. The van der Waals surface area contributed by atoms with E-state index >= 15 is 0 Å². The Morgan fingerprint density at radius 3 is 2.71 bits per heavy atom. The van der Waals surface area contributed by atoms with Crippen molar-refractivity contribution in [2.45, 2.75) is 46.0 Å². The van der Waals surface area contributed by atoms with Gasteiger partial charge >= 0.3 is 0 Å². The molecule has 1 aliphatic rings. The van der Waals surface area contributed by atoms with Crippen molar-refractivity contribution >= 4 is 17.4 Å². The SMILES string of the molecule is CCc1nc(Cl)c(C)c(NCCC2CCC2)n1. The van der Waals surface area contributed by atoms with E-state index < -0.39 is 0 Å². The molecule has 4 heteroatoms. The third kappa shape index (κ3) is 3.09. The molecule has 94 valence electrons. The Morgan fingerprint density at radius 2 is 2.12 bits per heavy atom. The van der Waals surface area contributed by atoms with Crippen LogP contribution in [0.2, 0.25) is 5.15 Å². The van der Waals surface area contributed by atoms with Crippen molar-refractivity contribution in [2.24, 2.45) is 5.92 Å². The van der Waals surface area contributed by atoms with Gasteiger partial charge in [0.05, 0.1) is 0 Å². The highest BCUT2D eigenvalue weighted by Crippen LogP contribution is 2.29. The summed E-state index contributed by atoms with van der Waals surface area (Å²) in [7, 11) is 0. The van der Waals surface area contributed by atoms with Gasteiger partial charge in [0.15, 0.2) is 0 Å². The van der Waals surface area contributed by atoms with Gasteiger partial charge in [-0.1, -0.05) is 37.8 Å². The average Bonchev–Trinajstić information content (AvgIpc) is 2.27. The number of halogens is 1. The Kier molecular flexibility index (Phi) is 4.21. The van der Waals surface area contributed by atoms with Crippen molar-refractivity contribution in [3.05, 3.63) is 16.5 Å². The Bertz CT molecular complexity index is 388. The van der Waals surface area contributed by atoms with Crippen LogP contribution in [0.25, 0.3) is 0 Å². The van der Waals surface area contributed by atoms with E-state index in [0.717, 1.165) is 36.1 Å². The van der Waals surface area contributed by atoms with Gasteiger partial charge in [0, 0.05) is 18.5 Å². The minimum absolute atomic E-state index is 0.572. The van der Waals surface area contributed by atoms with E-state index in [1.54, 1.807) is 0 Å². The third-order valence-electron chi connectivity index (χ3n) is 3.52. The lowest BCUT2D eigenvalue weighted by Gasteiger charge is -2.25. The lowest BCUT2D eigenvalue weighted by molar-refractivity contribution is 0.303. The zero-order chi connectivity index (χ0) is 12.3. The molecule has 0 radical (unpaired) electrons. The minimum Gasteiger partial charge on any atom is -0.370 e. The second-order valence-electron chi connectivity index (χ2n) is 4.77. The van der Waals surface area contributed by atoms with Gasteiger partial charge < -0.3 is 5.32 Å². The van der Waals surface area contributed by atoms with Crippen LogP contribution in [-0.2, 0) is 6.42 Å². The lowest BCUT2D eigenvalue weighted by Crippen LogP contribution is -2.16. The second-order valence-corrected chi connectivity index (χ2v) is 5.13. The molecule has 0 saturated heterocycles. The number of hydrogen-bond donors (Lipinski definition) is 1. The molecule has 17 heavy (non-hydrogen) atoms. The van der Waals surface area contributed by atoms with Gasteiger partial charge in [0.2, 0.25) is 0 Å². The summed E-state index contributed by atoms with van der Waals surface area (Å²) in [5, 5.41) is 3.96. The fraction of sp³-hybridized carbons (Fsp3) is 0.692. The summed E-state index contributed by atoms with van der Waals surface area (Å²) >= 11 is 6.09. The summed E-state index contributed by atoms with van der Waals surface area (Å²) in [6.45, 7) is 4.99. The molecule has 0 amide bonds. The predicted molar refractivity (Wildman–Crippen MR) is 71.6 cm³/mol. The maximum Gasteiger partial charge on any atom is 0.137 e. The topological polar surface area (TPSA) is 37.8 Å². The molecular weight excluding hydrogens is 234 g/mol. The van der Waals surface area contributed by atoms with Crippen molar-refractivity contribution in [3.8, 4) is 0 Å². The van der Waals surface area contributed by atoms with Crippen molar-refractivity contribution in [1.82, 2.24) is 9.97 Å². The summed E-state index contributed by atoms with van der Waals surface area (Å²) in [6, 6.07) is 0. The molecule has 0 atom stereocenters. The van der Waals surface area contributed by atoms with E-state index in [1.165, 1.54) is 25.7 Å². The minimum atomic E-state index is 0.572. The Balaban J connectivity index is 1.95. The Labute approximate surface area is 108 Å². The van der Waals surface area contributed by atoms with Crippen molar-refractivity contribution in [3.63, 3.8) is 0 Å². The number of hydrogen-bond acceptors (Lipinski definition) is 3. The van der Waals surface area contributed by atoms with Crippen LogP contribution in [0.15, 0.2) is 0 Å². The van der Waals surface area contributed by atoms with Crippen LogP contribution >= 0.6 is 11.6 Å². The zero-order valence-corrected chi connectivity index (χ0v) is 11.3. The molecular formula is C13H20ClN3. The van der Waals surface area contributed by atoms with Crippen molar-refractivity contribution in [1.29, 1.82) is 0 Å². The molecule has 1 heterocycles. The molecule has 1 aromatic rings. The van der Waals surface area contributed by atoms with Gasteiger partial charge in [0.25, 0.3) is 0 Å². The predicted octanol–water partition coefficient (Wildman–Crippen LogP) is 3.60. The molecule has 1 N–H and O–H groups in total. The van der Waals surface area contributed by atoms with E-state index in [2.05, 4.69) is 15.3 Å². The Morgan fingerprint density at radius 1 is 1.35 bits per heavy atom. The maximum atomic E-state index is 6.09. The quantitative estimate of drug-likeness (QED) is 0.815. The third-order valence-corrected chi connectivity index (χ3v) is 3.89. The van der Waals surface area contributed by atoms with Gasteiger partial charge in [-0.15, -0.1) is 0 Å². The normalized spacial score (nSPS) is 15.7. The summed E-state index contributed by atoms with van der Waals surface area (Å²) in [5.41, 5.74) is 0.956. The van der Waals surface area contributed by atoms with E-state index in [9.17, 15) is 0 Å². The van der Waals surface area contributed by atoms with Crippen molar-refractivity contribution < 1.29 is 0 Å². The highest BCUT2D eigenvalue weighted by atomic mass is 35.5. The molecule has 1 fully saturated rings. The molecule has 0 unspecified atom stereocenters. The number of aromatic nitrogens is 2. The van der Waals surface area contributed by atoms with Crippen LogP contribution in [0.3, 0.4) is 0 Å². The number of anilines is 1. The van der Waals surface area contributed by atoms with Gasteiger partial charge in [-0.2, -0.15) is 0 Å². The van der Waals surface area contributed by atoms with E-state index in [-0.39, 0.29) is 0 Å². The molecule has 0 spiro atoms. The first-order valence-electron chi connectivity index (χ1n) is 6.47. The highest BCUT2D eigenvalue weighted by molar-refractivity contribution is 6.30. The summed E-state index contributed by atoms with van der Waals surface area (Å²) < 4.78 is 0. The molecule has 0 bridgehead atoms. The first-order valence-corrected chi connectivity index (χ1v) is 6.85. The molecule has 0 aliphatic heterocycles. The number of nitrogens with one attached hydrogen (secondary N) is 1. The van der Waals surface area contributed by atoms with Gasteiger partial charge in [-0.3, -0.25) is 0 Å². The van der Waals surface area contributed by atoms with Crippen LogP contribution in [0.1, 0.15) is 44.0 Å². The molecule has 1 aromatic heterocycles. The number of aryl methyl sites for hydroxylation is 1. The molecule has 0 aromatic carbocycles. The van der Waals surface area contributed by atoms with Crippen LogP contribution in [0.5, 0.6) is 0 Å². The average molecular weight is 254 g/mol. The summed E-state index contributed by atoms with van der Waals surface area (Å²) in [5.74, 6) is 2.64.